The zero-order valence-electron chi connectivity index (χ0n) is 65.0. The van der Waals surface area contributed by atoms with Gasteiger partial charge in [-0.3, -0.25) is 4.79 Å². The van der Waals surface area contributed by atoms with Crippen molar-refractivity contribution < 1.29 is 64.6 Å². The number of unbranched alkanes of at least 4 members (excludes halogenated alkanes) is 63. The van der Waals surface area contributed by atoms with E-state index in [0.717, 1.165) is 51.4 Å². The van der Waals surface area contributed by atoms with Crippen LogP contribution in [0.2, 0.25) is 0 Å². The summed E-state index contributed by atoms with van der Waals surface area (Å²) in [5, 5.41) is 88.0. The number of hydrogen-bond donors (Lipinski definition) is 9. The molecule has 0 bridgehead atoms. The highest BCUT2D eigenvalue weighted by atomic mass is 16.7. The van der Waals surface area contributed by atoms with Crippen molar-refractivity contribution in [1.82, 2.24) is 5.32 Å². The Balaban J connectivity index is 1.55. The second-order valence-corrected chi connectivity index (χ2v) is 31.4. The number of amides is 1. The molecule has 0 aliphatic carbocycles. The van der Waals surface area contributed by atoms with E-state index in [1.54, 1.807) is 0 Å². The summed E-state index contributed by atoms with van der Waals surface area (Å²) in [5.74, 6) is -0.194. The third kappa shape index (κ3) is 52.6. The Morgan fingerprint density at radius 2 is 0.576 bits per heavy atom. The van der Waals surface area contributed by atoms with Crippen LogP contribution in [0, 0.1) is 0 Å². The van der Waals surface area contributed by atoms with Gasteiger partial charge in [-0.2, -0.15) is 0 Å². The average molecular weight is 1410 g/mol. The lowest BCUT2D eigenvalue weighted by atomic mass is 9.97. The zero-order valence-corrected chi connectivity index (χ0v) is 65.0. The van der Waals surface area contributed by atoms with Gasteiger partial charge in [0.05, 0.1) is 32.0 Å². The van der Waals surface area contributed by atoms with Crippen LogP contribution in [0.3, 0.4) is 0 Å². The number of hydrogen-bond acceptors (Lipinski definition) is 13. The molecule has 1 amide bonds. The Kier molecular flexibility index (Phi) is 66.5. The lowest BCUT2D eigenvalue weighted by molar-refractivity contribution is -0.359. The smallest absolute Gasteiger partial charge is 0.220 e. The molecule has 99 heavy (non-hydrogen) atoms. The molecule has 14 nitrogen and oxygen atoms in total. The topological polar surface area (TPSA) is 228 Å². The monoisotopic (exact) mass is 1410 g/mol. The van der Waals surface area contributed by atoms with Crippen molar-refractivity contribution in [3.63, 3.8) is 0 Å². The van der Waals surface area contributed by atoms with Crippen molar-refractivity contribution in [2.45, 2.75) is 518 Å². The summed E-state index contributed by atoms with van der Waals surface area (Å²) >= 11 is 0. The van der Waals surface area contributed by atoms with Gasteiger partial charge in [0, 0.05) is 6.42 Å². The largest absolute Gasteiger partial charge is 0.394 e. The fourth-order valence-electron chi connectivity index (χ4n) is 15.2. The maximum Gasteiger partial charge on any atom is 0.220 e. The van der Waals surface area contributed by atoms with Gasteiger partial charge in [-0.05, 0) is 12.8 Å². The summed E-state index contributed by atoms with van der Waals surface area (Å²) in [6.45, 7) is 2.96. The molecule has 0 spiro atoms. The molecule has 0 aromatic rings. The van der Waals surface area contributed by atoms with Gasteiger partial charge in [-0.1, -0.05) is 425 Å². The molecule has 2 heterocycles. The number of aliphatic hydroxyl groups excluding tert-OH is 8. The normalized spacial score (nSPS) is 21.8. The number of nitrogens with one attached hydrogen (secondary N) is 1. The fourth-order valence-corrected chi connectivity index (χ4v) is 15.2. The first-order valence-electron chi connectivity index (χ1n) is 43.8. The summed E-state index contributed by atoms with van der Waals surface area (Å²) < 4.78 is 23.0. The second-order valence-electron chi connectivity index (χ2n) is 31.4. The van der Waals surface area contributed by atoms with Crippen molar-refractivity contribution in [1.29, 1.82) is 0 Å². The van der Waals surface area contributed by atoms with Gasteiger partial charge in [0.25, 0.3) is 0 Å². The van der Waals surface area contributed by atoms with E-state index in [9.17, 15) is 45.6 Å². The molecule has 2 aliphatic rings. The lowest BCUT2D eigenvalue weighted by Crippen LogP contribution is -2.65. The van der Waals surface area contributed by atoms with Gasteiger partial charge in [-0.25, -0.2) is 0 Å². The molecule has 9 N–H and O–H groups in total. The Bertz CT molecular complexity index is 1660. The maximum absolute atomic E-state index is 13.4. The second kappa shape index (κ2) is 70.0. The van der Waals surface area contributed by atoms with Gasteiger partial charge in [0.15, 0.2) is 12.6 Å². The van der Waals surface area contributed by atoms with Crippen LogP contribution < -0.4 is 5.32 Å². The van der Waals surface area contributed by atoms with E-state index in [1.807, 2.05) is 0 Å². The third-order valence-electron chi connectivity index (χ3n) is 22.1. The molecule has 2 rings (SSSR count). The molecule has 0 radical (unpaired) electrons. The molecule has 12 atom stereocenters. The van der Waals surface area contributed by atoms with E-state index in [2.05, 4.69) is 19.2 Å². The molecule has 0 saturated carbocycles. The summed E-state index contributed by atoms with van der Waals surface area (Å²) in [7, 11) is 0. The molecule has 2 fully saturated rings. The van der Waals surface area contributed by atoms with Gasteiger partial charge < -0.3 is 65.1 Å². The Labute approximate surface area is 610 Å². The minimum Gasteiger partial charge on any atom is -0.394 e. The first kappa shape index (κ1) is 94.1. The van der Waals surface area contributed by atoms with Crippen molar-refractivity contribution in [3.8, 4) is 0 Å². The number of aliphatic hydroxyl groups is 8. The van der Waals surface area contributed by atoms with Crippen LogP contribution in [-0.4, -0.2) is 140 Å². The van der Waals surface area contributed by atoms with Crippen LogP contribution in [-0.2, 0) is 23.7 Å². The Morgan fingerprint density at radius 1 is 0.323 bits per heavy atom. The number of carbonyl (C=O) groups is 1. The van der Waals surface area contributed by atoms with E-state index in [4.69, 9.17) is 18.9 Å². The highest BCUT2D eigenvalue weighted by Crippen LogP contribution is 2.31. The standard InChI is InChI=1S/C85H167NO13/c1-3-5-7-9-11-13-15-17-19-21-23-25-27-29-31-32-33-34-35-36-37-38-39-40-41-43-45-47-49-51-53-55-57-59-61-63-65-67-69-77(90)86-73(72-96-84-82(95)80(93)83(76(71-88)98-84)99-85-81(94)79(92)78(91)75(70-87)97-85)74(89)68-66-64-62-60-58-56-54-52-50-48-46-44-42-30-28-26-24-22-20-18-16-14-12-10-8-6-4-2/h73-76,78-85,87-89,91-95H,3-72H2,1-2H3,(H,86,90). The molecule has 12 unspecified atom stereocenters. The Morgan fingerprint density at radius 3 is 0.859 bits per heavy atom. The molecular weight excluding hydrogens is 1240 g/mol. The highest BCUT2D eigenvalue weighted by molar-refractivity contribution is 5.76. The first-order chi connectivity index (χ1) is 48.6. The van der Waals surface area contributed by atoms with Crippen molar-refractivity contribution in [3.05, 3.63) is 0 Å². The van der Waals surface area contributed by atoms with Crippen LogP contribution in [0.1, 0.15) is 444 Å². The van der Waals surface area contributed by atoms with Crippen molar-refractivity contribution >= 4 is 5.91 Å². The number of ether oxygens (including phenoxy) is 4. The van der Waals surface area contributed by atoms with Crippen molar-refractivity contribution in [2.24, 2.45) is 0 Å². The molecule has 0 aromatic heterocycles. The summed E-state index contributed by atoms with van der Waals surface area (Å²) in [6, 6.07) is -0.826. The molecular formula is C85H167NO13. The lowest BCUT2D eigenvalue weighted by Gasteiger charge is -2.46. The van der Waals surface area contributed by atoms with Crippen LogP contribution in [0.25, 0.3) is 0 Å². The van der Waals surface area contributed by atoms with Crippen LogP contribution >= 0.6 is 0 Å². The SMILES string of the molecule is CCCCCCCCCCCCCCCCCCCCCCCCCCCCCCCCCCCCCCCCC(=O)NC(COC1OC(CO)C(OC2OC(CO)C(O)C(O)C2O)C(O)C1O)C(O)CCCCCCCCCCCCCCCCCCCCCCCCCCCCC. The molecule has 590 valence electrons. The number of rotatable bonds is 76. The molecule has 0 aromatic carbocycles. The van der Waals surface area contributed by atoms with Gasteiger partial charge in [0.2, 0.25) is 5.91 Å². The van der Waals surface area contributed by atoms with Gasteiger partial charge in [-0.15, -0.1) is 0 Å². The van der Waals surface area contributed by atoms with Gasteiger partial charge in [0.1, 0.15) is 48.8 Å². The van der Waals surface area contributed by atoms with E-state index in [0.29, 0.717) is 12.8 Å². The quantitative estimate of drug-likeness (QED) is 0.0259. The van der Waals surface area contributed by atoms with Crippen molar-refractivity contribution in [2.75, 3.05) is 19.8 Å². The summed E-state index contributed by atoms with van der Waals surface area (Å²) in [4.78, 5) is 13.4. The first-order valence-corrected chi connectivity index (χ1v) is 43.8. The van der Waals surface area contributed by atoms with E-state index >= 15 is 0 Å². The highest BCUT2D eigenvalue weighted by Gasteiger charge is 2.51. The third-order valence-corrected chi connectivity index (χ3v) is 22.1. The summed E-state index contributed by atoms with van der Waals surface area (Å²) in [6.07, 6.45) is 71.8. The molecule has 2 saturated heterocycles. The predicted molar refractivity (Wildman–Crippen MR) is 411 cm³/mol. The molecule has 14 heteroatoms. The minimum atomic E-state index is -1.78. The summed E-state index contributed by atoms with van der Waals surface area (Å²) in [5.41, 5.74) is 0. The maximum atomic E-state index is 13.4. The van der Waals surface area contributed by atoms with Crippen LogP contribution in [0.4, 0.5) is 0 Å². The predicted octanol–water partition coefficient (Wildman–Crippen LogP) is 20.6. The van der Waals surface area contributed by atoms with E-state index in [1.165, 1.54) is 366 Å². The van der Waals surface area contributed by atoms with Crippen LogP contribution in [0.15, 0.2) is 0 Å². The Hall–Kier alpha value is -1.01. The van der Waals surface area contributed by atoms with E-state index in [-0.39, 0.29) is 12.5 Å². The molecule has 2 aliphatic heterocycles. The van der Waals surface area contributed by atoms with E-state index < -0.39 is 86.8 Å². The fraction of sp³-hybridized carbons (Fsp3) is 0.988. The zero-order chi connectivity index (χ0) is 71.5. The minimum absolute atomic E-state index is 0.194. The van der Waals surface area contributed by atoms with Gasteiger partial charge >= 0.3 is 0 Å². The van der Waals surface area contributed by atoms with Crippen LogP contribution in [0.5, 0.6) is 0 Å². The average Bonchev–Trinajstić information content (AvgIpc) is 0.795. The number of carbonyl (C=O) groups excluding carboxylic acids is 1.